The van der Waals surface area contributed by atoms with Crippen LogP contribution in [-0.4, -0.2) is 12.1 Å². The molecule has 0 radical (unpaired) electrons. The van der Waals surface area contributed by atoms with Gasteiger partial charge < -0.3 is 4.74 Å². The van der Waals surface area contributed by atoms with Crippen molar-refractivity contribution in [3.63, 3.8) is 0 Å². The number of aryl methyl sites for hydroxylation is 1. The van der Waals surface area contributed by atoms with Crippen LogP contribution in [0.1, 0.15) is 246 Å². The Labute approximate surface area is 365 Å². The third-order valence-electron chi connectivity index (χ3n) is 19.4. The van der Waals surface area contributed by atoms with Crippen molar-refractivity contribution in [3.8, 4) is 0 Å². The molecule has 59 heavy (non-hydrogen) atoms. The lowest BCUT2D eigenvalue weighted by Crippen LogP contribution is -2.65. The molecule has 334 valence electrons. The van der Waals surface area contributed by atoms with Crippen LogP contribution in [0.3, 0.4) is 0 Å². The highest BCUT2D eigenvalue weighted by molar-refractivity contribution is 5.88. The lowest BCUT2D eigenvalue weighted by molar-refractivity contribution is -0.697. The predicted octanol–water partition coefficient (Wildman–Crippen LogP) is 16.2. The molecule has 3 heteroatoms. The molecule has 0 aliphatic heterocycles. The number of carbonyl (C=O) groups excluding carboxylic acids is 1. The third kappa shape index (κ3) is 9.95. The van der Waals surface area contributed by atoms with Gasteiger partial charge in [-0.15, -0.1) is 0 Å². The molecule has 4 fully saturated rings. The topological polar surface area (TPSA) is 30.2 Å². The first-order valence-electron chi connectivity index (χ1n) is 26.1. The molecule has 1 heterocycles. The highest BCUT2D eigenvalue weighted by Gasteiger charge is 2.68. The van der Waals surface area contributed by atoms with Gasteiger partial charge in [-0.2, -0.15) is 0 Å². The summed E-state index contributed by atoms with van der Waals surface area (Å²) in [6, 6.07) is 4.01. The number of esters is 1. The smallest absolute Gasteiger partial charge is 0.344 e. The number of unbranched alkanes of at least 4 members (excludes halogenated alkanes) is 17. The summed E-state index contributed by atoms with van der Waals surface area (Å²) in [5.74, 6) is 3.48. The van der Waals surface area contributed by atoms with Crippen molar-refractivity contribution in [2.45, 2.75) is 248 Å². The van der Waals surface area contributed by atoms with E-state index in [4.69, 9.17) is 4.74 Å². The highest BCUT2D eigenvalue weighted by atomic mass is 16.5. The Kier molecular flexibility index (Phi) is 16.1. The van der Waals surface area contributed by atoms with E-state index in [0.717, 1.165) is 30.7 Å². The second-order valence-corrected chi connectivity index (χ2v) is 23.4. The van der Waals surface area contributed by atoms with Crippen molar-refractivity contribution >= 4 is 5.97 Å². The van der Waals surface area contributed by atoms with Gasteiger partial charge in [0.05, 0.1) is 0 Å². The van der Waals surface area contributed by atoms with E-state index in [9.17, 15) is 4.79 Å². The van der Waals surface area contributed by atoms with Gasteiger partial charge in [-0.25, -0.2) is 9.36 Å². The molecule has 0 N–H and O–H groups in total. The summed E-state index contributed by atoms with van der Waals surface area (Å²) in [7, 11) is 0. The first kappa shape index (κ1) is 46.9. The van der Waals surface area contributed by atoms with E-state index in [1.165, 1.54) is 167 Å². The first-order chi connectivity index (χ1) is 28.2. The largest absolute Gasteiger partial charge is 0.458 e. The molecule has 4 saturated carbocycles. The Morgan fingerprint density at radius 3 is 1.90 bits per heavy atom. The Morgan fingerprint density at radius 1 is 0.695 bits per heavy atom. The minimum absolute atomic E-state index is 0.0359. The Morgan fingerprint density at radius 2 is 1.29 bits per heavy atom. The standard InChI is InChI=1S/C56H94NO2/c1-10-11-12-13-14-15-16-17-18-19-20-21-22-23-24-25-26-27-40-57-41-28-29-45(42-57)51(58)59-49-34-36-54(7)47(52(49,4)5)33-37-56(9)48(54)31-30-46-50-44(3)43(2)32-35-53(50,6)38-39-55(46,56)8/h28-30,41-44,47-50H,10-27,31-40H2,1-9H3/q+1/t43-,44+,47+,48-,49+,50+,53-,54+,55-,56-/m1/s1. The molecule has 3 nitrogen and oxygen atoms in total. The summed E-state index contributed by atoms with van der Waals surface area (Å²) < 4.78 is 8.80. The van der Waals surface area contributed by atoms with Gasteiger partial charge >= 0.3 is 5.97 Å². The van der Waals surface area contributed by atoms with Crippen LogP contribution in [0.2, 0.25) is 0 Å². The van der Waals surface area contributed by atoms with Gasteiger partial charge in [-0.3, -0.25) is 0 Å². The fraction of sp³-hybridized carbons (Fsp3) is 0.857. The van der Waals surface area contributed by atoms with Gasteiger partial charge in [-0.1, -0.05) is 177 Å². The van der Waals surface area contributed by atoms with Crippen molar-refractivity contribution < 1.29 is 14.1 Å². The van der Waals surface area contributed by atoms with Gasteiger partial charge in [0, 0.05) is 17.9 Å². The monoisotopic (exact) mass is 813 g/mol. The molecule has 6 rings (SSSR count). The molecular formula is C56H94NO2+. The molecule has 0 amide bonds. The van der Waals surface area contributed by atoms with Crippen LogP contribution < -0.4 is 4.57 Å². The van der Waals surface area contributed by atoms with E-state index in [1.807, 2.05) is 17.7 Å². The van der Waals surface area contributed by atoms with Crippen LogP contribution in [0.25, 0.3) is 0 Å². The number of nitrogens with zero attached hydrogens (tertiary/aromatic N) is 1. The van der Waals surface area contributed by atoms with Crippen molar-refractivity contribution in [2.24, 2.45) is 56.7 Å². The maximum absolute atomic E-state index is 13.9. The van der Waals surface area contributed by atoms with Gasteiger partial charge in [0.1, 0.15) is 18.2 Å². The zero-order valence-electron chi connectivity index (χ0n) is 40.4. The van der Waals surface area contributed by atoms with Crippen LogP contribution in [0.15, 0.2) is 36.2 Å². The van der Waals surface area contributed by atoms with Crippen LogP contribution in [0.5, 0.6) is 0 Å². The Hall–Kier alpha value is -1.64. The van der Waals surface area contributed by atoms with E-state index in [2.05, 4.69) is 85.4 Å². The quantitative estimate of drug-likeness (QED) is 0.0536. The number of carbonyl (C=O) groups is 1. The van der Waals surface area contributed by atoms with Gasteiger partial charge in [0.2, 0.25) is 0 Å². The molecule has 0 unspecified atom stereocenters. The van der Waals surface area contributed by atoms with Gasteiger partial charge in [-0.05, 0) is 122 Å². The normalized spacial score (nSPS) is 36.1. The minimum atomic E-state index is -0.127. The van der Waals surface area contributed by atoms with Gasteiger partial charge in [0.25, 0.3) is 0 Å². The minimum Gasteiger partial charge on any atom is -0.458 e. The molecular weight excluding hydrogens is 719 g/mol. The average molecular weight is 813 g/mol. The van der Waals surface area contributed by atoms with Crippen LogP contribution in [0, 0.1) is 56.7 Å². The Bertz CT molecular complexity index is 1530. The van der Waals surface area contributed by atoms with E-state index < -0.39 is 0 Å². The van der Waals surface area contributed by atoms with Crippen molar-refractivity contribution in [1.29, 1.82) is 0 Å². The molecule has 5 aliphatic carbocycles. The summed E-state index contributed by atoms with van der Waals surface area (Å²) in [6.07, 6.45) is 43.6. The SMILES string of the molecule is CCCCCCCCCCCCCCCCCCCC[n+]1cccc(C(=O)O[C@H]2CC[C@]3(C)[C@H]4CC=C5[C@@H]6[C@@H](C)[C@H](C)CC[C@]6(C)CC[C@@]5(C)[C@]4(C)CC[C@H]3C2(C)C)c1. The van der Waals surface area contributed by atoms with E-state index in [-0.39, 0.29) is 22.9 Å². The van der Waals surface area contributed by atoms with Crippen molar-refractivity contribution in [3.05, 3.63) is 41.7 Å². The number of hydrogen-bond donors (Lipinski definition) is 0. The highest BCUT2D eigenvalue weighted by Crippen LogP contribution is 2.75. The average Bonchev–Trinajstić information content (AvgIpc) is 3.20. The summed E-state index contributed by atoms with van der Waals surface area (Å²) in [6.45, 7) is 24.1. The van der Waals surface area contributed by atoms with Crippen LogP contribution in [0.4, 0.5) is 0 Å². The summed E-state index contributed by atoms with van der Waals surface area (Å²) in [4.78, 5) is 13.9. The third-order valence-corrected chi connectivity index (χ3v) is 19.4. The molecule has 0 saturated heterocycles. The molecule has 10 atom stereocenters. The lowest BCUT2D eigenvalue weighted by atomic mass is 9.33. The number of fused-ring (bicyclic) bond motifs is 7. The fourth-order valence-electron chi connectivity index (χ4n) is 15.2. The van der Waals surface area contributed by atoms with Gasteiger partial charge in [0.15, 0.2) is 12.4 Å². The van der Waals surface area contributed by atoms with E-state index in [1.54, 1.807) is 0 Å². The number of hydrogen-bond acceptors (Lipinski definition) is 2. The summed E-state index contributed by atoms with van der Waals surface area (Å²) in [5.41, 5.74) is 3.89. The predicted molar refractivity (Wildman–Crippen MR) is 249 cm³/mol. The molecule has 1 aromatic heterocycles. The molecule has 0 aromatic carbocycles. The maximum atomic E-state index is 13.9. The fourth-order valence-corrected chi connectivity index (χ4v) is 15.2. The maximum Gasteiger partial charge on any atom is 0.344 e. The number of ether oxygens (including phenoxy) is 1. The lowest BCUT2D eigenvalue weighted by Gasteiger charge is -2.71. The zero-order valence-corrected chi connectivity index (χ0v) is 40.4. The Balaban J connectivity index is 0.932. The molecule has 5 aliphatic rings. The zero-order chi connectivity index (χ0) is 42.3. The second-order valence-electron chi connectivity index (χ2n) is 23.4. The van der Waals surface area contributed by atoms with Crippen LogP contribution in [-0.2, 0) is 11.3 Å². The van der Waals surface area contributed by atoms with Crippen LogP contribution >= 0.6 is 0 Å². The van der Waals surface area contributed by atoms with E-state index in [0.29, 0.717) is 33.6 Å². The number of aromatic nitrogens is 1. The summed E-state index contributed by atoms with van der Waals surface area (Å²) in [5, 5.41) is 0. The second kappa shape index (κ2) is 20.2. The van der Waals surface area contributed by atoms with Crippen molar-refractivity contribution in [2.75, 3.05) is 0 Å². The van der Waals surface area contributed by atoms with E-state index >= 15 is 0 Å². The van der Waals surface area contributed by atoms with Crippen molar-refractivity contribution in [1.82, 2.24) is 0 Å². The number of pyridine rings is 1. The molecule has 0 bridgehead atoms. The molecule has 0 spiro atoms. The number of rotatable bonds is 21. The number of allylic oxidation sites excluding steroid dienone is 2. The first-order valence-corrected chi connectivity index (χ1v) is 26.1. The summed E-state index contributed by atoms with van der Waals surface area (Å²) >= 11 is 0. The molecule has 1 aromatic rings.